The number of non-ortho nitro benzene ring substituents is 1. The molecule has 0 bridgehead atoms. The van der Waals surface area contributed by atoms with Gasteiger partial charge in [-0.1, -0.05) is 71.9 Å². The third kappa shape index (κ3) is 5.74. The van der Waals surface area contributed by atoms with Crippen LogP contribution >= 0.6 is 39.3 Å². The summed E-state index contributed by atoms with van der Waals surface area (Å²) < 4.78 is 0.387. The van der Waals surface area contributed by atoms with Gasteiger partial charge in [0.1, 0.15) is 11.1 Å². The lowest BCUT2D eigenvalue weighted by Crippen LogP contribution is -2.15. The zero-order chi connectivity index (χ0) is 25.7. The number of anilines is 1. The van der Waals surface area contributed by atoms with Crippen LogP contribution in [0.2, 0.25) is 5.02 Å². The van der Waals surface area contributed by atoms with E-state index in [0.29, 0.717) is 42.6 Å². The number of amides is 1. The van der Waals surface area contributed by atoms with Gasteiger partial charge in [-0.2, -0.15) is 5.26 Å². The molecule has 0 saturated carbocycles. The van der Waals surface area contributed by atoms with Crippen molar-refractivity contribution in [2.75, 3.05) is 11.1 Å². The van der Waals surface area contributed by atoms with Gasteiger partial charge in [0.2, 0.25) is 5.91 Å². The normalized spacial score (nSPS) is 10.5. The minimum Gasteiger partial charge on any atom is -0.324 e. The van der Waals surface area contributed by atoms with Crippen LogP contribution in [0.15, 0.2) is 88.4 Å². The number of aromatic nitrogens is 1. The van der Waals surface area contributed by atoms with Gasteiger partial charge in [0, 0.05) is 38.3 Å². The summed E-state index contributed by atoms with van der Waals surface area (Å²) in [5, 5.41) is 24.6. The zero-order valence-corrected chi connectivity index (χ0v) is 21.6. The van der Waals surface area contributed by atoms with Crippen molar-refractivity contribution < 1.29 is 9.72 Å². The Hall–Kier alpha value is -3.71. The van der Waals surface area contributed by atoms with Crippen LogP contribution < -0.4 is 5.32 Å². The van der Waals surface area contributed by atoms with Gasteiger partial charge in [0.05, 0.1) is 27.6 Å². The third-order valence-corrected chi connectivity index (χ3v) is 7.07. The number of pyridine rings is 1. The second-order valence-electron chi connectivity index (χ2n) is 7.45. The summed E-state index contributed by atoms with van der Waals surface area (Å²) in [6, 6.07) is 24.9. The first-order valence-corrected chi connectivity index (χ1v) is 12.6. The quantitative estimate of drug-likeness (QED) is 0.139. The van der Waals surface area contributed by atoms with E-state index in [0.717, 1.165) is 17.3 Å². The summed E-state index contributed by atoms with van der Waals surface area (Å²) in [7, 11) is 0. The highest BCUT2D eigenvalue weighted by atomic mass is 79.9. The number of nitro groups is 1. The molecular formula is C26H16BrClN4O3S. The number of benzene rings is 3. The van der Waals surface area contributed by atoms with Gasteiger partial charge in [-0.3, -0.25) is 14.9 Å². The highest BCUT2D eigenvalue weighted by Crippen LogP contribution is 2.37. The first-order valence-electron chi connectivity index (χ1n) is 10.5. The molecule has 10 heteroatoms. The van der Waals surface area contributed by atoms with Gasteiger partial charge in [-0.05, 0) is 34.1 Å². The highest BCUT2D eigenvalue weighted by molar-refractivity contribution is 9.10. The molecule has 3 aromatic carbocycles. The summed E-state index contributed by atoms with van der Waals surface area (Å²) in [5.41, 5.74) is 3.44. The molecule has 0 atom stereocenters. The van der Waals surface area contributed by atoms with Gasteiger partial charge in [0.15, 0.2) is 0 Å². The molecular weight excluding hydrogens is 564 g/mol. The maximum Gasteiger partial charge on any atom is 0.270 e. The Bertz CT molecular complexity index is 1510. The highest BCUT2D eigenvalue weighted by Gasteiger charge is 2.19. The van der Waals surface area contributed by atoms with Crippen LogP contribution in [0.3, 0.4) is 0 Å². The van der Waals surface area contributed by atoms with E-state index in [1.54, 1.807) is 6.07 Å². The second kappa shape index (κ2) is 11.4. The number of halogens is 2. The van der Waals surface area contributed by atoms with Gasteiger partial charge >= 0.3 is 0 Å². The predicted molar refractivity (Wildman–Crippen MR) is 145 cm³/mol. The van der Waals surface area contributed by atoms with E-state index in [1.165, 1.54) is 18.2 Å². The van der Waals surface area contributed by atoms with Crippen LogP contribution in [-0.2, 0) is 4.79 Å². The zero-order valence-electron chi connectivity index (χ0n) is 18.4. The van der Waals surface area contributed by atoms with Crippen molar-refractivity contribution in [2.24, 2.45) is 0 Å². The van der Waals surface area contributed by atoms with Gasteiger partial charge in [0.25, 0.3) is 5.69 Å². The van der Waals surface area contributed by atoms with Gasteiger partial charge < -0.3 is 5.32 Å². The number of nitrogens with zero attached hydrogens (tertiary/aromatic N) is 3. The van der Waals surface area contributed by atoms with Gasteiger partial charge in [-0.15, -0.1) is 0 Å². The largest absolute Gasteiger partial charge is 0.324 e. The molecule has 0 aliphatic carbocycles. The molecule has 0 aliphatic rings. The van der Waals surface area contributed by atoms with Crippen molar-refractivity contribution in [3.63, 3.8) is 0 Å². The molecule has 178 valence electrons. The lowest BCUT2D eigenvalue weighted by atomic mass is 9.99. The number of nitriles is 1. The summed E-state index contributed by atoms with van der Waals surface area (Å²) in [6.07, 6.45) is 0. The lowest BCUT2D eigenvalue weighted by molar-refractivity contribution is -0.384. The molecule has 0 unspecified atom stereocenters. The molecule has 0 spiro atoms. The first kappa shape index (κ1) is 25.4. The van der Waals surface area contributed by atoms with E-state index in [2.05, 4.69) is 27.3 Å². The lowest BCUT2D eigenvalue weighted by Gasteiger charge is -2.14. The van der Waals surface area contributed by atoms with E-state index in [1.807, 2.05) is 54.6 Å². The maximum absolute atomic E-state index is 12.7. The Kier molecular flexibility index (Phi) is 8.00. The molecule has 1 aromatic heterocycles. The maximum atomic E-state index is 12.7. The standard InChI is InChI=1S/C26H16BrClN4O3S/c27-21-12-17(32(34)35)10-11-23(21)30-25(33)15-36-26-20(14-29)19(18-8-4-5-9-22(18)28)13-24(31-26)16-6-2-1-3-7-16/h1-13H,15H2,(H,30,33). The SMILES string of the molecule is N#Cc1c(-c2ccccc2Cl)cc(-c2ccccc2)nc1SCC(=O)Nc1ccc([N+](=O)[O-])cc1Br. The minimum atomic E-state index is -0.516. The monoisotopic (exact) mass is 578 g/mol. The molecule has 4 rings (SSSR count). The molecule has 0 saturated heterocycles. The summed E-state index contributed by atoms with van der Waals surface area (Å²) in [6.45, 7) is 0. The van der Waals surface area contributed by atoms with E-state index < -0.39 is 4.92 Å². The number of nitrogens with one attached hydrogen (secondary N) is 1. The van der Waals surface area contributed by atoms with Crippen molar-refractivity contribution >= 4 is 56.6 Å². The average molecular weight is 580 g/mol. The number of nitro benzene ring substituents is 1. The van der Waals surface area contributed by atoms with Crippen molar-refractivity contribution in [2.45, 2.75) is 5.03 Å². The van der Waals surface area contributed by atoms with Crippen LogP contribution in [-0.4, -0.2) is 21.6 Å². The van der Waals surface area contributed by atoms with Crippen LogP contribution in [0.1, 0.15) is 5.56 Å². The van der Waals surface area contributed by atoms with E-state index >= 15 is 0 Å². The fourth-order valence-electron chi connectivity index (χ4n) is 3.42. The molecule has 1 N–H and O–H groups in total. The topological polar surface area (TPSA) is 109 Å². The molecule has 1 amide bonds. The molecule has 1 heterocycles. The predicted octanol–water partition coefficient (Wildman–Crippen LogP) is 7.34. The molecule has 7 nitrogen and oxygen atoms in total. The number of hydrogen-bond donors (Lipinski definition) is 1. The molecule has 36 heavy (non-hydrogen) atoms. The second-order valence-corrected chi connectivity index (χ2v) is 9.68. The number of carbonyl (C=O) groups is 1. The molecule has 0 radical (unpaired) electrons. The number of rotatable bonds is 7. The summed E-state index contributed by atoms with van der Waals surface area (Å²) in [5.74, 6) is -0.393. The van der Waals surface area contributed by atoms with E-state index in [4.69, 9.17) is 16.6 Å². The third-order valence-electron chi connectivity index (χ3n) is 5.11. The van der Waals surface area contributed by atoms with E-state index in [-0.39, 0.29) is 17.3 Å². The van der Waals surface area contributed by atoms with Crippen molar-refractivity contribution in [1.82, 2.24) is 4.98 Å². The van der Waals surface area contributed by atoms with Crippen molar-refractivity contribution in [3.8, 4) is 28.5 Å². The number of carbonyl (C=O) groups excluding carboxylic acids is 1. The minimum absolute atomic E-state index is 0.0364. The fourth-order valence-corrected chi connectivity index (χ4v) is 4.93. The summed E-state index contributed by atoms with van der Waals surface area (Å²) in [4.78, 5) is 27.8. The molecule has 0 aliphatic heterocycles. The Morgan fingerprint density at radius 3 is 2.47 bits per heavy atom. The number of hydrogen-bond acceptors (Lipinski definition) is 6. The molecule has 0 fully saturated rings. The molecule has 4 aromatic rings. The number of thioether (sulfide) groups is 1. The Balaban J connectivity index is 1.66. The van der Waals surface area contributed by atoms with Crippen LogP contribution in [0.4, 0.5) is 11.4 Å². The Labute approximate surface area is 224 Å². The van der Waals surface area contributed by atoms with Crippen LogP contribution in [0.25, 0.3) is 22.4 Å². The van der Waals surface area contributed by atoms with E-state index in [9.17, 15) is 20.2 Å². The smallest absolute Gasteiger partial charge is 0.270 e. The van der Waals surface area contributed by atoms with Crippen molar-refractivity contribution in [1.29, 1.82) is 5.26 Å². The summed E-state index contributed by atoms with van der Waals surface area (Å²) >= 11 is 10.8. The van der Waals surface area contributed by atoms with Crippen molar-refractivity contribution in [3.05, 3.63) is 104 Å². The first-order chi connectivity index (χ1) is 17.4. The van der Waals surface area contributed by atoms with Gasteiger partial charge in [-0.25, -0.2) is 4.98 Å². The average Bonchev–Trinajstić information content (AvgIpc) is 2.88. The Morgan fingerprint density at radius 2 is 1.81 bits per heavy atom. The van der Waals surface area contributed by atoms with Crippen LogP contribution in [0.5, 0.6) is 0 Å². The van der Waals surface area contributed by atoms with Crippen LogP contribution in [0, 0.1) is 21.4 Å². The fraction of sp³-hybridized carbons (Fsp3) is 0.0385. The Morgan fingerprint density at radius 1 is 1.08 bits per heavy atom.